The average molecular weight is 406 g/mol. The number of aromatic nitrogens is 4. The molecule has 2 aromatic carbocycles. The van der Waals surface area contributed by atoms with Gasteiger partial charge < -0.3 is 18.9 Å². The predicted octanol–water partition coefficient (Wildman–Crippen LogP) is 3.58. The molecule has 4 aromatic rings. The van der Waals surface area contributed by atoms with Crippen LogP contribution in [0.1, 0.15) is 5.69 Å². The van der Waals surface area contributed by atoms with E-state index >= 15 is 0 Å². The lowest BCUT2D eigenvalue weighted by atomic mass is 10.0. The molecule has 0 aliphatic rings. The molecule has 0 saturated carbocycles. The lowest BCUT2D eigenvalue weighted by Gasteiger charge is -2.15. The Hall–Kier alpha value is -3.81. The van der Waals surface area contributed by atoms with Crippen LogP contribution < -0.4 is 18.9 Å². The fourth-order valence-corrected chi connectivity index (χ4v) is 3.38. The Labute approximate surface area is 174 Å². The van der Waals surface area contributed by atoms with Crippen molar-refractivity contribution in [3.8, 4) is 34.1 Å². The van der Waals surface area contributed by atoms with E-state index in [4.69, 9.17) is 23.9 Å². The van der Waals surface area contributed by atoms with Crippen molar-refractivity contribution in [2.45, 2.75) is 6.54 Å². The van der Waals surface area contributed by atoms with Crippen molar-refractivity contribution >= 4 is 10.9 Å². The molecule has 2 heterocycles. The molecular formula is C22H22N4O4. The topological polar surface area (TPSA) is 80.5 Å². The molecule has 0 N–H and O–H groups in total. The quantitative estimate of drug-likeness (QED) is 0.464. The van der Waals surface area contributed by atoms with Crippen molar-refractivity contribution in [1.82, 2.24) is 19.7 Å². The van der Waals surface area contributed by atoms with Gasteiger partial charge >= 0.3 is 0 Å². The summed E-state index contributed by atoms with van der Waals surface area (Å²) in [6, 6.07) is 11.7. The first kappa shape index (κ1) is 19.5. The number of hydrogen-bond donors (Lipinski definition) is 0. The van der Waals surface area contributed by atoms with Gasteiger partial charge in [-0.3, -0.25) is 4.98 Å². The zero-order chi connectivity index (χ0) is 21.1. The Morgan fingerprint density at radius 3 is 2.17 bits per heavy atom. The minimum absolute atomic E-state index is 0.466. The summed E-state index contributed by atoms with van der Waals surface area (Å²) < 4.78 is 23.5. The van der Waals surface area contributed by atoms with Gasteiger partial charge in [0.05, 0.1) is 46.2 Å². The number of benzene rings is 2. The lowest BCUT2D eigenvalue weighted by Crippen LogP contribution is -2.05. The second-order valence-corrected chi connectivity index (χ2v) is 6.55. The summed E-state index contributed by atoms with van der Waals surface area (Å²) in [5.74, 6) is 2.59. The third-order valence-corrected chi connectivity index (χ3v) is 4.87. The van der Waals surface area contributed by atoms with Crippen LogP contribution in [0, 0.1) is 0 Å². The van der Waals surface area contributed by atoms with Crippen LogP contribution in [0.5, 0.6) is 23.0 Å². The summed E-state index contributed by atoms with van der Waals surface area (Å²) in [6.45, 7) is 0.466. The zero-order valence-corrected chi connectivity index (χ0v) is 17.2. The lowest BCUT2D eigenvalue weighted by molar-refractivity contribution is 0.355. The van der Waals surface area contributed by atoms with Crippen LogP contribution in [0.15, 0.2) is 49.1 Å². The Kier molecular flexibility index (Phi) is 5.38. The molecular weight excluding hydrogens is 384 g/mol. The average Bonchev–Trinajstić information content (AvgIpc) is 3.30. The summed E-state index contributed by atoms with van der Waals surface area (Å²) >= 11 is 0. The highest BCUT2D eigenvalue weighted by Gasteiger charge is 2.15. The minimum Gasteiger partial charge on any atom is -0.493 e. The van der Waals surface area contributed by atoms with Crippen molar-refractivity contribution in [3.05, 3.63) is 54.7 Å². The van der Waals surface area contributed by atoms with E-state index in [0.29, 0.717) is 29.5 Å². The van der Waals surface area contributed by atoms with E-state index in [2.05, 4.69) is 16.1 Å². The SMILES string of the molecule is COc1ccc(-c2cc3cc(OC)c(OC)cc3nc2Cn2cncn2)cc1OC. The van der Waals surface area contributed by atoms with Gasteiger partial charge in [0, 0.05) is 17.0 Å². The summed E-state index contributed by atoms with van der Waals surface area (Å²) in [6.07, 6.45) is 3.17. The van der Waals surface area contributed by atoms with Crippen molar-refractivity contribution < 1.29 is 18.9 Å². The Balaban J connectivity index is 1.93. The van der Waals surface area contributed by atoms with Gasteiger partial charge in [-0.15, -0.1) is 0 Å². The molecule has 0 fully saturated rings. The highest BCUT2D eigenvalue weighted by atomic mass is 16.5. The van der Waals surface area contributed by atoms with Gasteiger partial charge in [0.15, 0.2) is 23.0 Å². The molecule has 0 spiro atoms. The molecule has 8 heteroatoms. The molecule has 0 radical (unpaired) electrons. The molecule has 8 nitrogen and oxygen atoms in total. The maximum absolute atomic E-state index is 5.49. The van der Waals surface area contributed by atoms with Crippen LogP contribution in [0.2, 0.25) is 0 Å². The summed E-state index contributed by atoms with van der Waals surface area (Å²) in [7, 11) is 6.46. The number of pyridine rings is 1. The number of ether oxygens (including phenoxy) is 4. The molecule has 0 aliphatic heterocycles. The number of nitrogens with zero attached hydrogens (tertiary/aromatic N) is 4. The maximum atomic E-state index is 5.49. The summed E-state index contributed by atoms with van der Waals surface area (Å²) in [5, 5.41) is 5.16. The zero-order valence-electron chi connectivity index (χ0n) is 17.2. The van der Waals surface area contributed by atoms with E-state index in [1.54, 1.807) is 39.4 Å². The van der Waals surface area contributed by atoms with Crippen molar-refractivity contribution in [1.29, 1.82) is 0 Å². The molecule has 0 bridgehead atoms. The fraction of sp³-hybridized carbons (Fsp3) is 0.227. The van der Waals surface area contributed by atoms with Gasteiger partial charge in [0.25, 0.3) is 0 Å². The van der Waals surface area contributed by atoms with E-state index in [1.807, 2.05) is 30.3 Å². The van der Waals surface area contributed by atoms with Crippen LogP contribution in [0.3, 0.4) is 0 Å². The van der Waals surface area contributed by atoms with Gasteiger partial charge in [-0.25, -0.2) is 9.67 Å². The van der Waals surface area contributed by atoms with E-state index in [9.17, 15) is 0 Å². The molecule has 4 rings (SSSR count). The monoisotopic (exact) mass is 406 g/mol. The highest BCUT2D eigenvalue weighted by Crippen LogP contribution is 2.37. The van der Waals surface area contributed by atoms with Crippen LogP contribution in [0.4, 0.5) is 0 Å². The van der Waals surface area contributed by atoms with Crippen molar-refractivity contribution in [2.75, 3.05) is 28.4 Å². The largest absolute Gasteiger partial charge is 0.493 e. The standard InChI is InChI=1S/C22H22N4O4/c1-27-19-6-5-14(8-20(19)28-2)16-7-15-9-21(29-3)22(30-4)10-17(15)25-18(16)11-26-13-23-12-24-26/h5-10,12-13H,11H2,1-4H3. The predicted molar refractivity (Wildman–Crippen MR) is 113 cm³/mol. The Morgan fingerprint density at radius 1 is 0.800 bits per heavy atom. The van der Waals surface area contributed by atoms with E-state index in [-0.39, 0.29) is 0 Å². The van der Waals surface area contributed by atoms with Crippen molar-refractivity contribution in [3.63, 3.8) is 0 Å². The Morgan fingerprint density at radius 2 is 1.50 bits per heavy atom. The van der Waals surface area contributed by atoms with Gasteiger partial charge in [-0.2, -0.15) is 5.10 Å². The van der Waals surface area contributed by atoms with Gasteiger partial charge in [-0.1, -0.05) is 6.07 Å². The number of hydrogen-bond acceptors (Lipinski definition) is 7. The van der Waals surface area contributed by atoms with Crippen LogP contribution in [-0.2, 0) is 6.54 Å². The molecule has 0 unspecified atom stereocenters. The van der Waals surface area contributed by atoms with E-state index < -0.39 is 0 Å². The van der Waals surface area contributed by atoms with E-state index in [1.165, 1.54) is 6.33 Å². The first-order chi connectivity index (χ1) is 14.7. The molecule has 0 amide bonds. The fourth-order valence-electron chi connectivity index (χ4n) is 3.38. The summed E-state index contributed by atoms with van der Waals surface area (Å²) in [5.41, 5.74) is 3.54. The van der Waals surface area contributed by atoms with Crippen LogP contribution >= 0.6 is 0 Å². The van der Waals surface area contributed by atoms with Gasteiger partial charge in [0.1, 0.15) is 12.7 Å². The van der Waals surface area contributed by atoms with Crippen molar-refractivity contribution in [2.24, 2.45) is 0 Å². The molecule has 2 aromatic heterocycles. The van der Waals surface area contributed by atoms with Crippen LogP contribution in [0.25, 0.3) is 22.0 Å². The van der Waals surface area contributed by atoms with E-state index in [0.717, 1.165) is 27.7 Å². The number of methoxy groups -OCH3 is 4. The molecule has 0 saturated heterocycles. The second-order valence-electron chi connectivity index (χ2n) is 6.55. The molecule has 154 valence electrons. The smallest absolute Gasteiger partial charge is 0.162 e. The second kappa shape index (κ2) is 8.28. The first-order valence-electron chi connectivity index (χ1n) is 9.27. The normalized spacial score (nSPS) is 10.8. The van der Waals surface area contributed by atoms with Crippen LogP contribution in [-0.4, -0.2) is 48.2 Å². The minimum atomic E-state index is 0.466. The summed E-state index contributed by atoms with van der Waals surface area (Å²) in [4.78, 5) is 8.95. The third kappa shape index (κ3) is 3.59. The van der Waals surface area contributed by atoms with Gasteiger partial charge in [0.2, 0.25) is 0 Å². The number of fused-ring (bicyclic) bond motifs is 1. The maximum Gasteiger partial charge on any atom is 0.162 e. The molecule has 30 heavy (non-hydrogen) atoms. The molecule has 0 atom stereocenters. The van der Waals surface area contributed by atoms with Gasteiger partial charge in [-0.05, 0) is 29.8 Å². The number of rotatable bonds is 7. The highest BCUT2D eigenvalue weighted by molar-refractivity contribution is 5.88. The Bertz CT molecular complexity index is 1180. The third-order valence-electron chi connectivity index (χ3n) is 4.87. The first-order valence-corrected chi connectivity index (χ1v) is 9.27. The molecule has 0 aliphatic carbocycles.